The molecule has 0 radical (unpaired) electrons. The fraction of sp³-hybridized carbons (Fsp3) is 0.133. The van der Waals surface area contributed by atoms with Crippen LogP contribution in [0.15, 0.2) is 47.2 Å². The first-order valence-corrected chi connectivity index (χ1v) is 7.54. The number of fused-ring (bicyclic) bond motifs is 1. The van der Waals surface area contributed by atoms with Crippen LogP contribution in [0.2, 0.25) is 0 Å². The van der Waals surface area contributed by atoms with Crippen LogP contribution >= 0.6 is 27.3 Å². The molecule has 0 aliphatic heterocycles. The number of thiophene rings is 1. The lowest BCUT2D eigenvalue weighted by Crippen LogP contribution is -1.99. The second-order valence-corrected chi connectivity index (χ2v) is 6.55. The van der Waals surface area contributed by atoms with E-state index in [4.69, 9.17) is 0 Å². The topological polar surface area (TPSA) is 33.1 Å². The fourth-order valence-electron chi connectivity index (χ4n) is 2.13. The Morgan fingerprint density at radius 2 is 2.05 bits per heavy atom. The molecule has 0 saturated carbocycles. The standard InChI is InChI=1S/C15H12BrNOS/c1-9-13(16)6-14(19-9)15(18)12-8-17-7-10-4-2-3-5-11(10)12/h2-8,15,18H,1H3. The minimum atomic E-state index is -0.631. The van der Waals surface area contributed by atoms with Crippen LogP contribution in [-0.4, -0.2) is 10.1 Å². The Balaban J connectivity index is 2.13. The van der Waals surface area contributed by atoms with Crippen LogP contribution in [0.1, 0.15) is 21.4 Å². The van der Waals surface area contributed by atoms with Crippen molar-refractivity contribution in [2.24, 2.45) is 0 Å². The second-order valence-electron chi connectivity index (χ2n) is 4.41. The van der Waals surface area contributed by atoms with E-state index in [1.807, 2.05) is 43.5 Å². The molecule has 0 aliphatic carbocycles. The maximum Gasteiger partial charge on any atom is 0.115 e. The molecule has 1 N–H and O–H groups in total. The van der Waals surface area contributed by atoms with Gasteiger partial charge in [0.25, 0.3) is 0 Å². The highest BCUT2D eigenvalue weighted by atomic mass is 79.9. The number of aliphatic hydroxyl groups excluding tert-OH is 1. The number of aliphatic hydroxyl groups is 1. The van der Waals surface area contributed by atoms with Gasteiger partial charge in [0.1, 0.15) is 6.10 Å². The number of hydrogen-bond acceptors (Lipinski definition) is 3. The average Bonchev–Trinajstić information content (AvgIpc) is 2.77. The molecule has 1 unspecified atom stereocenters. The zero-order valence-corrected chi connectivity index (χ0v) is 12.7. The first-order chi connectivity index (χ1) is 9.16. The number of benzene rings is 1. The molecule has 19 heavy (non-hydrogen) atoms. The van der Waals surface area contributed by atoms with Crippen molar-refractivity contribution < 1.29 is 5.11 Å². The van der Waals surface area contributed by atoms with Gasteiger partial charge in [-0.05, 0) is 34.3 Å². The summed E-state index contributed by atoms with van der Waals surface area (Å²) in [5.74, 6) is 0. The highest BCUT2D eigenvalue weighted by Crippen LogP contribution is 2.35. The molecular weight excluding hydrogens is 322 g/mol. The molecule has 2 heterocycles. The van der Waals surface area contributed by atoms with Gasteiger partial charge in [-0.2, -0.15) is 0 Å². The first-order valence-electron chi connectivity index (χ1n) is 5.93. The molecule has 0 spiro atoms. The zero-order chi connectivity index (χ0) is 13.4. The number of halogens is 1. The molecule has 3 aromatic rings. The van der Waals surface area contributed by atoms with E-state index >= 15 is 0 Å². The van der Waals surface area contributed by atoms with Crippen molar-refractivity contribution in [3.8, 4) is 0 Å². The van der Waals surface area contributed by atoms with Crippen molar-refractivity contribution in [2.75, 3.05) is 0 Å². The normalized spacial score (nSPS) is 12.8. The van der Waals surface area contributed by atoms with Crippen molar-refractivity contribution in [1.29, 1.82) is 0 Å². The van der Waals surface area contributed by atoms with Gasteiger partial charge in [0.2, 0.25) is 0 Å². The summed E-state index contributed by atoms with van der Waals surface area (Å²) in [4.78, 5) is 6.32. The van der Waals surface area contributed by atoms with Gasteiger partial charge < -0.3 is 5.11 Å². The van der Waals surface area contributed by atoms with Crippen LogP contribution in [0.25, 0.3) is 10.8 Å². The van der Waals surface area contributed by atoms with Crippen LogP contribution in [0, 0.1) is 6.92 Å². The molecule has 0 saturated heterocycles. The van der Waals surface area contributed by atoms with Crippen LogP contribution < -0.4 is 0 Å². The molecule has 1 aromatic carbocycles. The summed E-state index contributed by atoms with van der Waals surface area (Å²) in [6.07, 6.45) is 2.94. The zero-order valence-electron chi connectivity index (χ0n) is 10.3. The van der Waals surface area contributed by atoms with Crippen molar-refractivity contribution >= 4 is 38.0 Å². The van der Waals surface area contributed by atoms with Gasteiger partial charge in [-0.1, -0.05) is 24.3 Å². The lowest BCUT2D eigenvalue weighted by atomic mass is 10.0. The Kier molecular flexibility index (Phi) is 3.39. The lowest BCUT2D eigenvalue weighted by molar-refractivity contribution is 0.225. The number of pyridine rings is 1. The van der Waals surface area contributed by atoms with Gasteiger partial charge >= 0.3 is 0 Å². The maximum atomic E-state index is 10.6. The summed E-state index contributed by atoms with van der Waals surface area (Å²) in [6.45, 7) is 2.03. The lowest BCUT2D eigenvalue weighted by Gasteiger charge is -2.11. The molecule has 96 valence electrons. The third-order valence-corrected chi connectivity index (χ3v) is 5.33. The Hall–Kier alpha value is -1.23. The van der Waals surface area contributed by atoms with Crippen molar-refractivity contribution in [1.82, 2.24) is 4.98 Å². The van der Waals surface area contributed by atoms with Crippen LogP contribution in [-0.2, 0) is 0 Å². The smallest absolute Gasteiger partial charge is 0.115 e. The average molecular weight is 334 g/mol. The summed E-state index contributed by atoms with van der Waals surface area (Å²) < 4.78 is 1.04. The summed E-state index contributed by atoms with van der Waals surface area (Å²) in [5, 5.41) is 12.7. The van der Waals surface area contributed by atoms with Gasteiger partial charge in [0, 0.05) is 37.6 Å². The monoisotopic (exact) mass is 333 g/mol. The van der Waals surface area contributed by atoms with E-state index in [0.29, 0.717) is 0 Å². The minimum absolute atomic E-state index is 0.631. The molecule has 2 aromatic heterocycles. The SMILES string of the molecule is Cc1sc(C(O)c2cncc3ccccc23)cc1Br. The number of nitrogens with zero attached hydrogens (tertiary/aromatic N) is 1. The van der Waals surface area contributed by atoms with Crippen LogP contribution in [0.5, 0.6) is 0 Å². The largest absolute Gasteiger partial charge is 0.383 e. The Labute approximate surface area is 123 Å². The van der Waals surface area contributed by atoms with E-state index in [1.165, 1.54) is 4.88 Å². The Bertz CT molecular complexity index is 713. The van der Waals surface area contributed by atoms with E-state index in [2.05, 4.69) is 20.9 Å². The minimum Gasteiger partial charge on any atom is -0.383 e. The predicted molar refractivity (Wildman–Crippen MR) is 82.6 cm³/mol. The molecule has 0 bridgehead atoms. The molecule has 4 heteroatoms. The third-order valence-electron chi connectivity index (χ3n) is 3.14. The molecule has 2 nitrogen and oxygen atoms in total. The predicted octanol–water partition coefficient (Wildman–Crippen LogP) is 4.45. The van der Waals surface area contributed by atoms with E-state index in [-0.39, 0.29) is 0 Å². The van der Waals surface area contributed by atoms with Crippen LogP contribution in [0.4, 0.5) is 0 Å². The molecule has 0 amide bonds. The Morgan fingerprint density at radius 3 is 2.79 bits per heavy atom. The van der Waals surface area contributed by atoms with Gasteiger partial charge in [-0.3, -0.25) is 4.98 Å². The van der Waals surface area contributed by atoms with Gasteiger partial charge in [0.05, 0.1) is 0 Å². The van der Waals surface area contributed by atoms with E-state index in [9.17, 15) is 5.11 Å². The fourth-order valence-corrected chi connectivity index (χ4v) is 3.69. The first kappa shape index (κ1) is 12.8. The molecule has 0 aliphatic rings. The van der Waals surface area contributed by atoms with Crippen molar-refractivity contribution in [3.63, 3.8) is 0 Å². The highest BCUT2D eigenvalue weighted by Gasteiger charge is 2.17. The van der Waals surface area contributed by atoms with Crippen molar-refractivity contribution in [2.45, 2.75) is 13.0 Å². The Morgan fingerprint density at radius 1 is 1.26 bits per heavy atom. The third kappa shape index (κ3) is 2.31. The van der Waals surface area contributed by atoms with Crippen molar-refractivity contribution in [3.05, 3.63) is 62.5 Å². The number of hydrogen-bond donors (Lipinski definition) is 1. The van der Waals surface area contributed by atoms with Gasteiger partial charge in [-0.15, -0.1) is 11.3 Å². The van der Waals surface area contributed by atoms with E-state index in [0.717, 1.165) is 25.7 Å². The van der Waals surface area contributed by atoms with Gasteiger partial charge in [-0.25, -0.2) is 0 Å². The quantitative estimate of drug-likeness (QED) is 0.751. The van der Waals surface area contributed by atoms with E-state index in [1.54, 1.807) is 17.5 Å². The number of rotatable bonds is 2. The second kappa shape index (κ2) is 5.04. The molecule has 0 fully saturated rings. The summed E-state index contributed by atoms with van der Waals surface area (Å²) in [6, 6.07) is 9.96. The summed E-state index contributed by atoms with van der Waals surface area (Å²) >= 11 is 5.09. The number of aromatic nitrogens is 1. The summed E-state index contributed by atoms with van der Waals surface area (Å²) in [7, 11) is 0. The molecular formula is C15H12BrNOS. The molecule has 1 atom stereocenters. The number of aryl methyl sites for hydroxylation is 1. The maximum absolute atomic E-state index is 10.6. The van der Waals surface area contributed by atoms with E-state index < -0.39 is 6.10 Å². The highest BCUT2D eigenvalue weighted by molar-refractivity contribution is 9.10. The summed E-state index contributed by atoms with van der Waals surface area (Å²) in [5.41, 5.74) is 0.854. The van der Waals surface area contributed by atoms with Gasteiger partial charge in [0.15, 0.2) is 0 Å². The molecule has 3 rings (SSSR count). The van der Waals surface area contributed by atoms with Crippen LogP contribution in [0.3, 0.4) is 0 Å².